The van der Waals surface area contributed by atoms with Crippen LogP contribution in [0.4, 0.5) is 0 Å². The molecule has 1 atom stereocenters. The Morgan fingerprint density at radius 3 is 2.61 bits per heavy atom. The van der Waals surface area contributed by atoms with Gasteiger partial charge in [-0.05, 0) is 38.0 Å². The van der Waals surface area contributed by atoms with Crippen LogP contribution in [0.25, 0.3) is 0 Å². The van der Waals surface area contributed by atoms with Crippen molar-refractivity contribution >= 4 is 23.4 Å². The lowest BCUT2D eigenvalue weighted by Gasteiger charge is -2.41. The van der Waals surface area contributed by atoms with E-state index in [9.17, 15) is 9.59 Å². The van der Waals surface area contributed by atoms with Gasteiger partial charge in [0, 0.05) is 26.1 Å². The Bertz CT molecular complexity index is 336. The number of alkyl halides is 1. The summed E-state index contributed by atoms with van der Waals surface area (Å²) in [5, 5.41) is 2.49. The molecule has 4 nitrogen and oxygen atoms in total. The van der Waals surface area contributed by atoms with Gasteiger partial charge in [-0.2, -0.15) is 0 Å². The first kappa shape index (κ1) is 13.7. The number of nitrogens with one attached hydrogen (secondary N) is 1. The number of hydrogen-bond acceptors (Lipinski definition) is 2. The molecule has 2 saturated heterocycles. The molecule has 0 aromatic carbocycles. The zero-order valence-electron chi connectivity index (χ0n) is 10.9. The number of likely N-dealkylation sites (tertiary alicyclic amines) is 1. The van der Waals surface area contributed by atoms with Gasteiger partial charge in [-0.15, -0.1) is 11.6 Å². The van der Waals surface area contributed by atoms with E-state index in [1.54, 1.807) is 6.92 Å². The quantitative estimate of drug-likeness (QED) is 0.736. The highest BCUT2D eigenvalue weighted by molar-refractivity contribution is 6.30. The van der Waals surface area contributed by atoms with Crippen LogP contribution in [0, 0.1) is 5.41 Å². The van der Waals surface area contributed by atoms with E-state index in [0.717, 1.165) is 45.3 Å². The number of halogens is 1. The van der Waals surface area contributed by atoms with Crippen LogP contribution >= 0.6 is 11.6 Å². The summed E-state index contributed by atoms with van der Waals surface area (Å²) in [4.78, 5) is 25.1. The maximum Gasteiger partial charge on any atom is 0.240 e. The van der Waals surface area contributed by atoms with Gasteiger partial charge in [-0.25, -0.2) is 0 Å². The third-order valence-corrected chi connectivity index (χ3v) is 4.52. The molecule has 0 aromatic rings. The van der Waals surface area contributed by atoms with Crippen molar-refractivity contribution in [2.45, 2.75) is 44.4 Å². The summed E-state index contributed by atoms with van der Waals surface area (Å²) in [7, 11) is 0. The minimum atomic E-state index is -0.434. The van der Waals surface area contributed by atoms with Gasteiger partial charge in [0.15, 0.2) is 0 Å². The molecule has 2 rings (SSSR count). The lowest BCUT2D eigenvalue weighted by molar-refractivity contribution is -0.133. The molecule has 1 unspecified atom stereocenters. The standard InChI is InChI=1S/C13H21ClN2O2/c1-10(14)12(18)16-8-5-13(6-9-16)3-2-11(17)15-7-4-13/h10H,2-9H2,1H3,(H,15,17). The second-order valence-corrected chi connectivity index (χ2v) is 6.20. The summed E-state index contributed by atoms with van der Waals surface area (Å²) in [5.74, 6) is 0.203. The lowest BCUT2D eigenvalue weighted by Crippen LogP contribution is -2.45. The van der Waals surface area contributed by atoms with Gasteiger partial charge < -0.3 is 10.2 Å². The molecule has 0 aromatic heterocycles. The Balaban J connectivity index is 1.92. The number of piperidine rings is 1. The van der Waals surface area contributed by atoms with Crippen molar-refractivity contribution in [1.29, 1.82) is 0 Å². The van der Waals surface area contributed by atoms with Crippen molar-refractivity contribution in [3.63, 3.8) is 0 Å². The first-order chi connectivity index (χ1) is 8.52. The molecule has 2 aliphatic rings. The number of nitrogens with zero attached hydrogens (tertiary/aromatic N) is 1. The monoisotopic (exact) mass is 272 g/mol. The van der Waals surface area contributed by atoms with Crippen LogP contribution in [0.2, 0.25) is 0 Å². The predicted molar refractivity (Wildman–Crippen MR) is 70.4 cm³/mol. The number of hydrogen-bond donors (Lipinski definition) is 1. The van der Waals surface area contributed by atoms with Gasteiger partial charge >= 0.3 is 0 Å². The van der Waals surface area contributed by atoms with Crippen molar-refractivity contribution in [3.05, 3.63) is 0 Å². The minimum absolute atomic E-state index is 0.0364. The first-order valence-corrected chi connectivity index (χ1v) is 7.16. The molecule has 1 spiro atoms. The fourth-order valence-corrected chi connectivity index (χ4v) is 3.15. The molecule has 18 heavy (non-hydrogen) atoms. The van der Waals surface area contributed by atoms with Crippen molar-refractivity contribution in [2.75, 3.05) is 19.6 Å². The van der Waals surface area contributed by atoms with E-state index in [4.69, 9.17) is 11.6 Å². The molecule has 102 valence electrons. The Hall–Kier alpha value is -0.770. The van der Waals surface area contributed by atoms with E-state index in [1.165, 1.54) is 0 Å². The number of carbonyl (C=O) groups excluding carboxylic acids is 2. The number of carbonyl (C=O) groups is 2. The number of rotatable bonds is 1. The van der Waals surface area contributed by atoms with Crippen molar-refractivity contribution in [1.82, 2.24) is 10.2 Å². The number of amides is 2. The molecule has 0 saturated carbocycles. The minimum Gasteiger partial charge on any atom is -0.356 e. The highest BCUT2D eigenvalue weighted by atomic mass is 35.5. The predicted octanol–water partition coefficient (Wildman–Crippen LogP) is 1.52. The molecule has 2 heterocycles. The summed E-state index contributed by atoms with van der Waals surface area (Å²) in [5.41, 5.74) is 0.255. The van der Waals surface area contributed by atoms with Crippen LogP contribution in [0.3, 0.4) is 0 Å². The largest absolute Gasteiger partial charge is 0.356 e. The van der Waals surface area contributed by atoms with E-state index in [1.807, 2.05) is 4.90 Å². The highest BCUT2D eigenvalue weighted by Crippen LogP contribution is 2.40. The van der Waals surface area contributed by atoms with Crippen LogP contribution in [-0.4, -0.2) is 41.7 Å². The van der Waals surface area contributed by atoms with Crippen LogP contribution < -0.4 is 5.32 Å². The molecule has 0 radical (unpaired) electrons. The van der Waals surface area contributed by atoms with Crippen molar-refractivity contribution < 1.29 is 9.59 Å². The van der Waals surface area contributed by atoms with E-state index in [0.29, 0.717) is 6.42 Å². The Labute approximate surface area is 113 Å². The molecule has 1 N–H and O–H groups in total. The summed E-state index contributed by atoms with van der Waals surface area (Å²) in [6.45, 7) is 4.06. The molecule has 0 bridgehead atoms. The van der Waals surface area contributed by atoms with E-state index in [-0.39, 0.29) is 17.2 Å². The molecular weight excluding hydrogens is 252 g/mol. The molecule has 0 aliphatic carbocycles. The lowest BCUT2D eigenvalue weighted by atomic mass is 9.73. The van der Waals surface area contributed by atoms with E-state index < -0.39 is 5.38 Å². The average molecular weight is 273 g/mol. The Morgan fingerprint density at radius 1 is 1.33 bits per heavy atom. The van der Waals surface area contributed by atoms with Gasteiger partial charge in [0.1, 0.15) is 5.38 Å². The second-order valence-electron chi connectivity index (χ2n) is 5.54. The molecule has 2 aliphatic heterocycles. The topological polar surface area (TPSA) is 49.4 Å². The highest BCUT2D eigenvalue weighted by Gasteiger charge is 2.37. The molecule has 2 fully saturated rings. The van der Waals surface area contributed by atoms with Crippen molar-refractivity contribution in [2.24, 2.45) is 5.41 Å². The van der Waals surface area contributed by atoms with Gasteiger partial charge in [0.25, 0.3) is 0 Å². The Kier molecular flexibility index (Phi) is 4.15. The van der Waals surface area contributed by atoms with E-state index >= 15 is 0 Å². The van der Waals surface area contributed by atoms with Gasteiger partial charge in [0.2, 0.25) is 11.8 Å². The third kappa shape index (κ3) is 2.97. The fraction of sp³-hybridized carbons (Fsp3) is 0.846. The van der Waals surface area contributed by atoms with Gasteiger partial charge in [-0.1, -0.05) is 0 Å². The smallest absolute Gasteiger partial charge is 0.240 e. The van der Waals surface area contributed by atoms with Crippen LogP contribution in [-0.2, 0) is 9.59 Å². The maximum atomic E-state index is 11.8. The SMILES string of the molecule is CC(Cl)C(=O)N1CCC2(CCNC(=O)CC2)CC1. The maximum absolute atomic E-state index is 11.8. The van der Waals surface area contributed by atoms with Gasteiger partial charge in [-0.3, -0.25) is 9.59 Å². The third-order valence-electron chi connectivity index (χ3n) is 4.34. The second kappa shape index (κ2) is 5.47. The summed E-state index contributed by atoms with van der Waals surface area (Å²) < 4.78 is 0. The summed E-state index contributed by atoms with van der Waals surface area (Å²) >= 11 is 5.84. The fourth-order valence-electron chi connectivity index (χ4n) is 3.01. The molecule has 2 amide bonds. The van der Waals surface area contributed by atoms with Crippen LogP contribution in [0.15, 0.2) is 0 Å². The normalized spacial score (nSPS) is 25.4. The van der Waals surface area contributed by atoms with Crippen LogP contribution in [0.5, 0.6) is 0 Å². The summed E-state index contributed by atoms with van der Waals surface area (Å²) in [6.07, 6.45) is 4.61. The zero-order valence-corrected chi connectivity index (χ0v) is 11.6. The molecular formula is C13H21ClN2O2. The van der Waals surface area contributed by atoms with E-state index in [2.05, 4.69) is 5.32 Å². The van der Waals surface area contributed by atoms with Crippen molar-refractivity contribution in [3.8, 4) is 0 Å². The molecule has 5 heteroatoms. The Morgan fingerprint density at radius 2 is 2.00 bits per heavy atom. The van der Waals surface area contributed by atoms with Gasteiger partial charge in [0.05, 0.1) is 0 Å². The zero-order chi connectivity index (χ0) is 13.2. The average Bonchev–Trinajstić information content (AvgIpc) is 2.53. The van der Waals surface area contributed by atoms with Crippen LogP contribution in [0.1, 0.15) is 39.0 Å². The first-order valence-electron chi connectivity index (χ1n) is 6.72. The summed E-state index contributed by atoms with van der Waals surface area (Å²) in [6, 6.07) is 0.